The van der Waals surface area contributed by atoms with E-state index in [1.807, 2.05) is 11.8 Å². The summed E-state index contributed by atoms with van der Waals surface area (Å²) in [4.78, 5) is 25.0. The Hall–Kier alpha value is -1.23. The van der Waals surface area contributed by atoms with Gasteiger partial charge in [-0.05, 0) is 30.9 Å². The van der Waals surface area contributed by atoms with Crippen molar-refractivity contribution in [2.75, 3.05) is 18.6 Å². The van der Waals surface area contributed by atoms with Crippen LogP contribution in [0.15, 0.2) is 23.1 Å². The SMILES string of the molecule is CSCCCCCCNC(=O)c1ccc(=O)[nH]c1. The number of hydrogen-bond donors (Lipinski definition) is 2. The molecule has 1 aromatic heterocycles. The molecule has 0 unspecified atom stereocenters. The monoisotopic (exact) mass is 268 g/mol. The molecule has 4 nitrogen and oxygen atoms in total. The predicted molar refractivity (Wildman–Crippen MR) is 76.2 cm³/mol. The van der Waals surface area contributed by atoms with Crippen LogP contribution in [0.4, 0.5) is 0 Å². The van der Waals surface area contributed by atoms with Crippen LogP contribution in [0.1, 0.15) is 36.0 Å². The van der Waals surface area contributed by atoms with Gasteiger partial charge in [0.15, 0.2) is 0 Å². The first-order chi connectivity index (χ1) is 8.74. The number of H-pyrrole nitrogens is 1. The first kappa shape index (κ1) is 14.8. The van der Waals surface area contributed by atoms with Crippen molar-refractivity contribution >= 4 is 17.7 Å². The van der Waals surface area contributed by atoms with Gasteiger partial charge in [-0.15, -0.1) is 0 Å². The number of aromatic amines is 1. The molecular weight excluding hydrogens is 248 g/mol. The van der Waals surface area contributed by atoms with Crippen molar-refractivity contribution < 1.29 is 4.79 Å². The lowest BCUT2D eigenvalue weighted by atomic mass is 10.2. The lowest BCUT2D eigenvalue weighted by Crippen LogP contribution is -2.25. The maximum atomic E-state index is 11.7. The second kappa shape index (κ2) is 8.80. The van der Waals surface area contributed by atoms with E-state index in [0.717, 1.165) is 12.8 Å². The number of aromatic nitrogens is 1. The van der Waals surface area contributed by atoms with Gasteiger partial charge in [-0.3, -0.25) is 9.59 Å². The minimum absolute atomic E-state index is 0.129. The second-order valence-corrected chi connectivity index (χ2v) is 5.09. The van der Waals surface area contributed by atoms with Crippen LogP contribution in [-0.4, -0.2) is 29.4 Å². The van der Waals surface area contributed by atoms with Crippen molar-refractivity contribution in [2.45, 2.75) is 25.7 Å². The van der Waals surface area contributed by atoms with Gasteiger partial charge in [-0.1, -0.05) is 12.8 Å². The van der Waals surface area contributed by atoms with E-state index in [4.69, 9.17) is 0 Å². The minimum atomic E-state index is -0.194. The average molecular weight is 268 g/mol. The van der Waals surface area contributed by atoms with Crippen LogP contribution < -0.4 is 10.9 Å². The number of rotatable bonds is 8. The molecule has 1 aromatic rings. The Bertz CT molecular complexity index is 397. The molecule has 0 aliphatic heterocycles. The lowest BCUT2D eigenvalue weighted by molar-refractivity contribution is 0.0952. The van der Waals surface area contributed by atoms with E-state index in [0.29, 0.717) is 12.1 Å². The van der Waals surface area contributed by atoms with Crippen molar-refractivity contribution in [1.82, 2.24) is 10.3 Å². The number of thioether (sulfide) groups is 1. The fourth-order valence-electron chi connectivity index (χ4n) is 1.58. The molecule has 2 N–H and O–H groups in total. The highest BCUT2D eigenvalue weighted by atomic mass is 32.2. The van der Waals surface area contributed by atoms with E-state index in [-0.39, 0.29) is 11.5 Å². The standard InChI is InChI=1S/C13H20N2O2S/c1-18-9-5-3-2-4-8-14-13(17)11-6-7-12(16)15-10-11/h6-7,10H,2-5,8-9H2,1H3,(H,14,17)(H,15,16). The van der Waals surface area contributed by atoms with Crippen molar-refractivity contribution in [3.05, 3.63) is 34.2 Å². The third-order valence-corrected chi connectivity index (χ3v) is 3.30. The third-order valence-electron chi connectivity index (χ3n) is 2.61. The normalized spacial score (nSPS) is 10.3. The molecule has 0 fully saturated rings. The number of hydrogen-bond acceptors (Lipinski definition) is 3. The van der Waals surface area contributed by atoms with Crippen LogP contribution in [0.2, 0.25) is 0 Å². The van der Waals surface area contributed by atoms with Crippen molar-refractivity contribution in [1.29, 1.82) is 0 Å². The Morgan fingerprint density at radius 3 is 2.72 bits per heavy atom. The minimum Gasteiger partial charge on any atom is -0.352 e. The molecule has 0 aliphatic rings. The summed E-state index contributed by atoms with van der Waals surface area (Å²) in [6, 6.07) is 2.89. The van der Waals surface area contributed by atoms with Crippen LogP contribution >= 0.6 is 11.8 Å². The maximum absolute atomic E-state index is 11.7. The summed E-state index contributed by atoms with van der Waals surface area (Å²) in [6.45, 7) is 0.692. The highest BCUT2D eigenvalue weighted by Crippen LogP contribution is 2.04. The number of unbranched alkanes of at least 4 members (excludes halogenated alkanes) is 3. The fourth-order valence-corrected chi connectivity index (χ4v) is 2.07. The van der Waals surface area contributed by atoms with Gasteiger partial charge in [0.2, 0.25) is 5.56 Å². The summed E-state index contributed by atoms with van der Waals surface area (Å²) in [5, 5.41) is 2.84. The van der Waals surface area contributed by atoms with E-state index in [1.54, 1.807) is 0 Å². The molecule has 1 heterocycles. The summed E-state index contributed by atoms with van der Waals surface area (Å²) >= 11 is 1.87. The Morgan fingerprint density at radius 2 is 2.06 bits per heavy atom. The van der Waals surface area contributed by atoms with Crippen LogP contribution in [0.5, 0.6) is 0 Å². The first-order valence-electron chi connectivity index (χ1n) is 6.20. The molecule has 1 rings (SSSR count). The largest absolute Gasteiger partial charge is 0.352 e. The predicted octanol–water partition coefficient (Wildman–Crippen LogP) is 2.03. The molecule has 0 radical (unpaired) electrons. The summed E-state index contributed by atoms with van der Waals surface area (Å²) in [7, 11) is 0. The number of carbonyl (C=O) groups is 1. The number of carbonyl (C=O) groups excluding carboxylic acids is 1. The van der Waals surface area contributed by atoms with E-state index >= 15 is 0 Å². The molecule has 0 aliphatic carbocycles. The molecule has 0 saturated carbocycles. The maximum Gasteiger partial charge on any atom is 0.252 e. The molecule has 0 aromatic carbocycles. The van der Waals surface area contributed by atoms with E-state index < -0.39 is 0 Å². The first-order valence-corrected chi connectivity index (χ1v) is 7.59. The van der Waals surface area contributed by atoms with Crippen LogP contribution in [0, 0.1) is 0 Å². The Balaban J connectivity index is 2.14. The van der Waals surface area contributed by atoms with E-state index in [2.05, 4.69) is 16.6 Å². The van der Waals surface area contributed by atoms with Gasteiger partial charge < -0.3 is 10.3 Å². The molecule has 5 heteroatoms. The molecule has 100 valence electrons. The zero-order valence-corrected chi connectivity index (χ0v) is 11.5. The Kier molecular flexibility index (Phi) is 7.25. The van der Waals surface area contributed by atoms with Gasteiger partial charge in [0, 0.05) is 18.8 Å². The zero-order chi connectivity index (χ0) is 13.2. The second-order valence-electron chi connectivity index (χ2n) is 4.10. The molecular formula is C13H20N2O2S. The molecule has 0 spiro atoms. The molecule has 0 saturated heterocycles. The summed E-state index contributed by atoms with van der Waals surface area (Å²) < 4.78 is 0. The zero-order valence-electron chi connectivity index (χ0n) is 10.7. The Morgan fingerprint density at radius 1 is 1.28 bits per heavy atom. The van der Waals surface area contributed by atoms with Gasteiger partial charge in [0.1, 0.15) is 0 Å². The van der Waals surface area contributed by atoms with Gasteiger partial charge in [-0.25, -0.2) is 0 Å². The van der Waals surface area contributed by atoms with E-state index in [1.165, 1.54) is 36.9 Å². The van der Waals surface area contributed by atoms with Gasteiger partial charge >= 0.3 is 0 Å². The van der Waals surface area contributed by atoms with Gasteiger partial charge in [0.25, 0.3) is 5.91 Å². The highest BCUT2D eigenvalue weighted by molar-refractivity contribution is 7.98. The molecule has 0 atom stereocenters. The number of amides is 1. The highest BCUT2D eigenvalue weighted by Gasteiger charge is 2.03. The summed E-state index contributed by atoms with van der Waals surface area (Å²) in [5.41, 5.74) is 0.303. The Labute approximate surface area is 112 Å². The smallest absolute Gasteiger partial charge is 0.252 e. The van der Waals surface area contributed by atoms with Crippen molar-refractivity contribution in [3.8, 4) is 0 Å². The quantitative estimate of drug-likeness (QED) is 0.709. The van der Waals surface area contributed by atoms with Crippen molar-refractivity contribution in [3.63, 3.8) is 0 Å². The van der Waals surface area contributed by atoms with Gasteiger partial charge in [-0.2, -0.15) is 11.8 Å². The lowest BCUT2D eigenvalue weighted by Gasteiger charge is -2.04. The van der Waals surface area contributed by atoms with Crippen LogP contribution in [0.3, 0.4) is 0 Å². The number of pyridine rings is 1. The molecule has 18 heavy (non-hydrogen) atoms. The summed E-state index contributed by atoms with van der Waals surface area (Å²) in [5.74, 6) is 1.08. The van der Waals surface area contributed by atoms with Crippen molar-refractivity contribution in [2.24, 2.45) is 0 Å². The number of nitrogens with one attached hydrogen (secondary N) is 2. The average Bonchev–Trinajstić information content (AvgIpc) is 2.38. The van der Waals surface area contributed by atoms with Gasteiger partial charge in [0.05, 0.1) is 5.56 Å². The topological polar surface area (TPSA) is 62.0 Å². The summed E-state index contributed by atoms with van der Waals surface area (Å²) in [6.07, 6.45) is 8.17. The third kappa shape index (κ3) is 5.91. The van der Waals surface area contributed by atoms with Crippen LogP contribution in [0.25, 0.3) is 0 Å². The van der Waals surface area contributed by atoms with Crippen LogP contribution in [-0.2, 0) is 0 Å². The molecule has 0 bridgehead atoms. The fraction of sp³-hybridized carbons (Fsp3) is 0.538. The molecule has 1 amide bonds. The van der Waals surface area contributed by atoms with E-state index in [9.17, 15) is 9.59 Å².